The molecule has 5 heteroatoms. The van der Waals surface area contributed by atoms with Crippen LogP contribution >= 0.6 is 0 Å². The molecule has 1 fully saturated rings. The molecule has 0 unspecified atom stereocenters. The molecule has 1 aliphatic heterocycles. The van der Waals surface area contributed by atoms with E-state index in [1.807, 2.05) is 0 Å². The van der Waals surface area contributed by atoms with Crippen LogP contribution in [0, 0.1) is 6.92 Å². The largest absolute Gasteiger partial charge is 0.390 e. The number of aryl methyl sites for hydroxylation is 1. The Balaban J connectivity index is 2.42. The fourth-order valence-corrected chi connectivity index (χ4v) is 1.77. The van der Waals surface area contributed by atoms with Crippen LogP contribution in [0.25, 0.3) is 0 Å². The maximum absolute atomic E-state index is 9.07. The van der Waals surface area contributed by atoms with E-state index < -0.39 is 5.79 Å². The van der Waals surface area contributed by atoms with E-state index in [0.717, 1.165) is 0 Å². The Bertz CT molecular complexity index is 328. The van der Waals surface area contributed by atoms with Crippen LogP contribution in [0.5, 0.6) is 0 Å². The lowest BCUT2D eigenvalue weighted by Crippen LogP contribution is -2.24. The molecule has 5 nitrogen and oxygen atoms in total. The Hall–Kier alpha value is -0.910. The van der Waals surface area contributed by atoms with Crippen LogP contribution in [-0.4, -0.2) is 23.5 Å². The Kier molecular flexibility index (Phi) is 2.30. The summed E-state index contributed by atoms with van der Waals surface area (Å²) >= 11 is 0. The van der Waals surface area contributed by atoms with Gasteiger partial charge in [-0.05, 0) is 13.8 Å². The smallest absolute Gasteiger partial charge is 0.197 e. The van der Waals surface area contributed by atoms with Crippen LogP contribution in [0.1, 0.15) is 23.9 Å². The lowest BCUT2D eigenvalue weighted by atomic mass is 10.1. The topological polar surface area (TPSA) is 64.7 Å². The molecule has 2 heterocycles. The highest BCUT2D eigenvalue weighted by molar-refractivity contribution is 5.27. The van der Waals surface area contributed by atoms with E-state index in [0.29, 0.717) is 30.2 Å². The summed E-state index contributed by atoms with van der Waals surface area (Å²) in [6.45, 7) is 4.50. The van der Waals surface area contributed by atoms with Crippen LogP contribution < -0.4 is 0 Å². The molecule has 0 aliphatic carbocycles. The van der Waals surface area contributed by atoms with Gasteiger partial charge in [0, 0.05) is 0 Å². The molecule has 2 rings (SSSR count). The van der Waals surface area contributed by atoms with Crippen LogP contribution in [0.3, 0.4) is 0 Å². The number of aromatic nitrogens is 1. The molecular formula is C9H13NO4. The van der Waals surface area contributed by atoms with E-state index in [-0.39, 0.29) is 6.61 Å². The second-order valence-corrected chi connectivity index (χ2v) is 3.36. The number of rotatable bonds is 2. The highest BCUT2D eigenvalue weighted by Crippen LogP contribution is 2.35. The van der Waals surface area contributed by atoms with E-state index in [4.69, 9.17) is 19.1 Å². The predicted molar refractivity (Wildman–Crippen MR) is 46.4 cm³/mol. The first-order chi connectivity index (χ1) is 6.67. The highest BCUT2D eigenvalue weighted by Gasteiger charge is 2.39. The molecule has 0 spiro atoms. The fourth-order valence-electron chi connectivity index (χ4n) is 1.77. The maximum Gasteiger partial charge on any atom is 0.197 e. The summed E-state index contributed by atoms with van der Waals surface area (Å²) in [6.07, 6.45) is 0. The monoisotopic (exact) mass is 199 g/mol. The molecule has 0 saturated carbocycles. The summed E-state index contributed by atoms with van der Waals surface area (Å²) in [4.78, 5) is 0. The van der Waals surface area contributed by atoms with Crippen molar-refractivity contribution in [2.75, 3.05) is 13.2 Å². The number of hydrogen-bond acceptors (Lipinski definition) is 5. The molecule has 1 saturated heterocycles. The number of ether oxygens (including phenoxy) is 2. The van der Waals surface area contributed by atoms with Crippen molar-refractivity contribution >= 4 is 0 Å². The minimum atomic E-state index is -0.817. The van der Waals surface area contributed by atoms with Crippen LogP contribution in [0.15, 0.2) is 4.52 Å². The molecule has 0 bridgehead atoms. The Morgan fingerprint density at radius 3 is 2.64 bits per heavy atom. The van der Waals surface area contributed by atoms with E-state index in [2.05, 4.69) is 5.16 Å². The van der Waals surface area contributed by atoms with Crippen LogP contribution in [-0.2, 0) is 21.9 Å². The van der Waals surface area contributed by atoms with Gasteiger partial charge in [-0.25, -0.2) is 0 Å². The zero-order valence-electron chi connectivity index (χ0n) is 8.24. The fraction of sp³-hybridized carbons (Fsp3) is 0.667. The Morgan fingerprint density at radius 2 is 2.07 bits per heavy atom. The number of aliphatic hydroxyl groups excluding tert-OH is 1. The van der Waals surface area contributed by atoms with Crippen molar-refractivity contribution in [2.45, 2.75) is 26.2 Å². The standard InChI is InChI=1S/C9H13NO4/c1-6-8(7(5-11)10-14-6)9(2)12-3-4-13-9/h11H,3-5H2,1-2H3. The van der Waals surface area contributed by atoms with Gasteiger partial charge in [0.2, 0.25) is 0 Å². The quantitative estimate of drug-likeness (QED) is 0.759. The van der Waals surface area contributed by atoms with Crippen LogP contribution in [0.2, 0.25) is 0 Å². The van der Waals surface area contributed by atoms with E-state index in [1.54, 1.807) is 13.8 Å². The average Bonchev–Trinajstić information content (AvgIpc) is 2.73. The molecule has 0 aromatic carbocycles. The first-order valence-corrected chi connectivity index (χ1v) is 4.52. The molecule has 0 radical (unpaired) electrons. The highest BCUT2D eigenvalue weighted by atomic mass is 16.7. The van der Waals surface area contributed by atoms with Crippen molar-refractivity contribution in [1.29, 1.82) is 0 Å². The molecule has 1 N–H and O–H groups in total. The van der Waals surface area contributed by atoms with Gasteiger partial charge in [0.25, 0.3) is 0 Å². The molecule has 78 valence electrons. The van der Waals surface area contributed by atoms with Crippen molar-refractivity contribution in [3.63, 3.8) is 0 Å². The van der Waals surface area contributed by atoms with Gasteiger partial charge in [-0.2, -0.15) is 0 Å². The maximum atomic E-state index is 9.07. The summed E-state index contributed by atoms with van der Waals surface area (Å²) in [6, 6.07) is 0. The Morgan fingerprint density at radius 1 is 1.43 bits per heavy atom. The second kappa shape index (κ2) is 3.34. The molecule has 1 aromatic heterocycles. The van der Waals surface area contributed by atoms with Gasteiger partial charge >= 0.3 is 0 Å². The molecule has 0 amide bonds. The van der Waals surface area contributed by atoms with Gasteiger partial charge in [0.15, 0.2) is 5.79 Å². The summed E-state index contributed by atoms with van der Waals surface area (Å²) in [5.41, 5.74) is 1.18. The average molecular weight is 199 g/mol. The molecule has 14 heavy (non-hydrogen) atoms. The third-order valence-electron chi connectivity index (χ3n) is 2.38. The van der Waals surface area contributed by atoms with E-state index in [1.165, 1.54) is 0 Å². The number of nitrogens with zero attached hydrogens (tertiary/aromatic N) is 1. The first-order valence-electron chi connectivity index (χ1n) is 4.52. The lowest BCUT2D eigenvalue weighted by Gasteiger charge is -2.21. The van der Waals surface area contributed by atoms with Gasteiger partial charge in [-0.15, -0.1) is 0 Å². The Labute approximate surface area is 81.6 Å². The van der Waals surface area contributed by atoms with E-state index >= 15 is 0 Å². The van der Waals surface area contributed by atoms with Gasteiger partial charge < -0.3 is 19.1 Å². The molecule has 1 aliphatic rings. The summed E-state index contributed by atoms with van der Waals surface area (Å²) in [7, 11) is 0. The SMILES string of the molecule is Cc1onc(CO)c1C1(C)OCCO1. The molecular weight excluding hydrogens is 186 g/mol. The number of hydrogen-bond donors (Lipinski definition) is 1. The lowest BCUT2D eigenvalue weighted by molar-refractivity contribution is -0.151. The molecule has 0 atom stereocenters. The van der Waals surface area contributed by atoms with Crippen molar-refractivity contribution in [3.8, 4) is 0 Å². The van der Waals surface area contributed by atoms with Crippen molar-refractivity contribution in [3.05, 3.63) is 17.0 Å². The van der Waals surface area contributed by atoms with Gasteiger partial charge in [0.1, 0.15) is 11.5 Å². The number of aliphatic hydroxyl groups is 1. The predicted octanol–water partition coefficient (Wildman–Crippen LogP) is 0.695. The second-order valence-electron chi connectivity index (χ2n) is 3.36. The van der Waals surface area contributed by atoms with Crippen molar-refractivity contribution < 1.29 is 19.1 Å². The summed E-state index contributed by atoms with van der Waals surface area (Å²) < 4.78 is 15.9. The first kappa shape index (κ1) is 9.64. The van der Waals surface area contributed by atoms with E-state index in [9.17, 15) is 0 Å². The third-order valence-corrected chi connectivity index (χ3v) is 2.38. The normalized spacial score (nSPS) is 20.2. The van der Waals surface area contributed by atoms with Crippen molar-refractivity contribution in [1.82, 2.24) is 5.16 Å². The summed E-state index contributed by atoms with van der Waals surface area (Å²) in [5, 5.41) is 12.8. The zero-order valence-corrected chi connectivity index (χ0v) is 8.24. The van der Waals surface area contributed by atoms with Crippen molar-refractivity contribution in [2.24, 2.45) is 0 Å². The van der Waals surface area contributed by atoms with Gasteiger partial charge in [0.05, 0.1) is 25.4 Å². The minimum absolute atomic E-state index is 0.172. The van der Waals surface area contributed by atoms with Gasteiger partial charge in [-0.3, -0.25) is 0 Å². The van der Waals surface area contributed by atoms with Crippen LogP contribution in [0.4, 0.5) is 0 Å². The zero-order chi connectivity index (χ0) is 10.2. The van der Waals surface area contributed by atoms with Gasteiger partial charge in [-0.1, -0.05) is 5.16 Å². The minimum Gasteiger partial charge on any atom is -0.390 e. The molecule has 1 aromatic rings. The third kappa shape index (κ3) is 1.33. The summed E-state index contributed by atoms with van der Waals surface area (Å²) in [5.74, 6) is -0.194.